The number of nitrogens with zero attached hydrogens (tertiary/aromatic N) is 2. The van der Waals surface area contributed by atoms with Gasteiger partial charge in [-0.1, -0.05) is 36.7 Å². The molecule has 1 amide bonds. The fourth-order valence-corrected chi connectivity index (χ4v) is 3.17. The lowest BCUT2D eigenvalue weighted by atomic mass is 10.2. The van der Waals surface area contributed by atoms with Gasteiger partial charge in [0.15, 0.2) is 0 Å². The molecule has 0 aliphatic carbocycles. The molecule has 150 valence electrons. The summed E-state index contributed by atoms with van der Waals surface area (Å²) >= 11 is 6.10. The first-order valence-corrected chi connectivity index (χ1v) is 9.79. The molecule has 0 spiro atoms. The summed E-state index contributed by atoms with van der Waals surface area (Å²) in [5.41, 5.74) is 2.38. The summed E-state index contributed by atoms with van der Waals surface area (Å²) < 4.78 is 0. The predicted molar refractivity (Wildman–Crippen MR) is 114 cm³/mol. The third kappa shape index (κ3) is 5.76. The topological polar surface area (TPSA) is 78.1 Å². The number of hydrogen-bond donors (Lipinski definition) is 2. The highest BCUT2D eigenvalue weighted by Crippen LogP contribution is 2.14. The van der Waals surface area contributed by atoms with E-state index in [1.165, 1.54) is 0 Å². The quantitative estimate of drug-likeness (QED) is 0.596. The van der Waals surface area contributed by atoms with Crippen molar-refractivity contribution in [3.63, 3.8) is 0 Å². The van der Waals surface area contributed by atoms with Crippen LogP contribution in [0.5, 0.6) is 0 Å². The molecule has 0 unspecified atom stereocenters. The number of pyridine rings is 2. The van der Waals surface area contributed by atoms with Crippen LogP contribution in [0, 0.1) is 0 Å². The first kappa shape index (κ1) is 20.8. The van der Waals surface area contributed by atoms with E-state index in [-0.39, 0.29) is 12.1 Å². The first-order chi connectivity index (χ1) is 14.1. The minimum atomic E-state index is -0.429. The lowest BCUT2D eigenvalue weighted by molar-refractivity contribution is 0.0949. The van der Waals surface area contributed by atoms with Gasteiger partial charge in [0.05, 0.1) is 0 Å². The Kier molecular flexibility index (Phi) is 7.16. The molecular weight excluding hydrogens is 388 g/mol. The van der Waals surface area contributed by atoms with Crippen LogP contribution in [0.1, 0.15) is 34.1 Å². The molecule has 6 nitrogen and oxygen atoms in total. The minimum Gasteiger partial charge on any atom is -0.348 e. The Hall–Kier alpha value is -2.96. The van der Waals surface area contributed by atoms with Gasteiger partial charge < -0.3 is 10.3 Å². The Balaban J connectivity index is 1.63. The van der Waals surface area contributed by atoms with Crippen molar-refractivity contribution in [2.45, 2.75) is 26.6 Å². The summed E-state index contributed by atoms with van der Waals surface area (Å²) in [6.07, 6.45) is 3.53. The lowest BCUT2D eigenvalue weighted by Gasteiger charge is -2.20. The molecule has 0 saturated carbocycles. The molecule has 2 N–H and O–H groups in total. The Labute approximate surface area is 174 Å². The molecule has 0 saturated heterocycles. The molecule has 3 rings (SSSR count). The molecule has 7 heteroatoms. The number of carbonyl (C=O) groups is 1. The monoisotopic (exact) mass is 410 g/mol. The third-order valence-corrected chi connectivity index (χ3v) is 4.98. The average molecular weight is 411 g/mol. The van der Waals surface area contributed by atoms with Gasteiger partial charge in [-0.2, -0.15) is 0 Å². The molecule has 0 aliphatic heterocycles. The standard InChI is InChI=1S/C22H23ClN4O2/c1-2-27(14-16-9-11-24-12-10-16)15-18-7-8-19(22(29)26-18)21(28)25-13-17-5-3-4-6-20(17)23/h3-12H,2,13-15H2,1H3,(H,25,28)(H,26,29). The van der Waals surface area contributed by atoms with Crippen molar-refractivity contribution in [2.75, 3.05) is 6.54 Å². The van der Waals surface area contributed by atoms with E-state index in [0.717, 1.165) is 29.9 Å². The SMILES string of the molecule is CCN(Cc1ccncc1)Cc1ccc(C(=O)NCc2ccccc2Cl)c(=O)[nH]1. The number of nitrogens with one attached hydrogen (secondary N) is 2. The molecule has 2 heterocycles. The number of rotatable bonds is 8. The van der Waals surface area contributed by atoms with Crippen LogP contribution in [0.2, 0.25) is 5.02 Å². The van der Waals surface area contributed by atoms with Gasteiger partial charge >= 0.3 is 0 Å². The Morgan fingerprint density at radius 1 is 1.10 bits per heavy atom. The second-order valence-electron chi connectivity index (χ2n) is 6.66. The molecule has 0 atom stereocenters. The molecule has 0 fully saturated rings. The number of aromatic amines is 1. The van der Waals surface area contributed by atoms with Crippen molar-refractivity contribution in [3.05, 3.63) is 98.7 Å². The fraction of sp³-hybridized carbons (Fsp3) is 0.227. The average Bonchev–Trinajstić information content (AvgIpc) is 2.73. The molecular formula is C22H23ClN4O2. The van der Waals surface area contributed by atoms with Crippen molar-refractivity contribution in [1.29, 1.82) is 0 Å². The largest absolute Gasteiger partial charge is 0.348 e. The Morgan fingerprint density at radius 3 is 2.55 bits per heavy atom. The third-order valence-electron chi connectivity index (χ3n) is 4.61. The zero-order valence-corrected chi connectivity index (χ0v) is 16.9. The highest BCUT2D eigenvalue weighted by molar-refractivity contribution is 6.31. The summed E-state index contributed by atoms with van der Waals surface area (Å²) in [6.45, 7) is 4.48. The van der Waals surface area contributed by atoms with E-state index in [1.807, 2.05) is 30.3 Å². The molecule has 3 aromatic rings. The van der Waals surface area contributed by atoms with Gasteiger partial charge in [0, 0.05) is 42.7 Å². The highest BCUT2D eigenvalue weighted by Gasteiger charge is 2.13. The number of benzene rings is 1. The summed E-state index contributed by atoms with van der Waals surface area (Å²) in [7, 11) is 0. The van der Waals surface area contributed by atoms with Crippen LogP contribution in [-0.4, -0.2) is 27.3 Å². The summed E-state index contributed by atoms with van der Waals surface area (Å²) in [5.74, 6) is -0.429. The maximum Gasteiger partial charge on any atom is 0.261 e. The predicted octanol–water partition coefficient (Wildman–Crippen LogP) is 3.38. The van der Waals surface area contributed by atoms with Crippen molar-refractivity contribution in [2.24, 2.45) is 0 Å². The minimum absolute atomic E-state index is 0.0815. The number of halogens is 1. The molecule has 0 radical (unpaired) electrons. The lowest BCUT2D eigenvalue weighted by Crippen LogP contribution is -2.30. The van der Waals surface area contributed by atoms with Crippen LogP contribution in [0.3, 0.4) is 0 Å². The van der Waals surface area contributed by atoms with Crippen molar-refractivity contribution < 1.29 is 4.79 Å². The number of carbonyl (C=O) groups excluding carboxylic acids is 1. The number of aromatic nitrogens is 2. The smallest absolute Gasteiger partial charge is 0.261 e. The van der Waals surface area contributed by atoms with Crippen LogP contribution in [0.25, 0.3) is 0 Å². The summed E-state index contributed by atoms with van der Waals surface area (Å²) in [6, 6.07) is 14.5. The summed E-state index contributed by atoms with van der Waals surface area (Å²) in [4.78, 5) is 33.9. The number of amides is 1. The van der Waals surface area contributed by atoms with Crippen LogP contribution in [0.4, 0.5) is 0 Å². The normalized spacial score (nSPS) is 10.9. The van der Waals surface area contributed by atoms with Crippen molar-refractivity contribution in [1.82, 2.24) is 20.2 Å². The molecule has 0 aliphatic rings. The number of H-pyrrole nitrogens is 1. The van der Waals surface area contributed by atoms with E-state index in [1.54, 1.807) is 30.6 Å². The van der Waals surface area contributed by atoms with Crippen LogP contribution < -0.4 is 10.9 Å². The highest BCUT2D eigenvalue weighted by atomic mass is 35.5. The van der Waals surface area contributed by atoms with E-state index in [9.17, 15) is 9.59 Å². The Morgan fingerprint density at radius 2 is 1.86 bits per heavy atom. The Bertz CT molecular complexity index is 1020. The number of hydrogen-bond acceptors (Lipinski definition) is 4. The van der Waals surface area contributed by atoms with Gasteiger partial charge in [-0.3, -0.25) is 19.5 Å². The second kappa shape index (κ2) is 10.0. The van der Waals surface area contributed by atoms with E-state index in [4.69, 9.17) is 11.6 Å². The van der Waals surface area contributed by atoms with Gasteiger partial charge in [0.1, 0.15) is 5.56 Å². The van der Waals surface area contributed by atoms with E-state index in [2.05, 4.69) is 27.1 Å². The van der Waals surface area contributed by atoms with E-state index in [0.29, 0.717) is 11.6 Å². The van der Waals surface area contributed by atoms with Crippen molar-refractivity contribution in [3.8, 4) is 0 Å². The van der Waals surface area contributed by atoms with E-state index >= 15 is 0 Å². The van der Waals surface area contributed by atoms with Gasteiger partial charge in [0.2, 0.25) is 0 Å². The first-order valence-electron chi connectivity index (χ1n) is 9.42. The van der Waals surface area contributed by atoms with Crippen LogP contribution in [-0.2, 0) is 19.6 Å². The van der Waals surface area contributed by atoms with Gasteiger partial charge in [-0.25, -0.2) is 0 Å². The zero-order valence-electron chi connectivity index (χ0n) is 16.2. The van der Waals surface area contributed by atoms with Crippen molar-refractivity contribution >= 4 is 17.5 Å². The maximum absolute atomic E-state index is 12.4. The molecule has 29 heavy (non-hydrogen) atoms. The molecule has 0 bridgehead atoms. The fourth-order valence-electron chi connectivity index (χ4n) is 2.96. The van der Waals surface area contributed by atoms with Crippen LogP contribution >= 0.6 is 11.6 Å². The molecule has 1 aromatic carbocycles. The molecule has 2 aromatic heterocycles. The second-order valence-corrected chi connectivity index (χ2v) is 7.07. The maximum atomic E-state index is 12.4. The summed E-state index contributed by atoms with van der Waals surface area (Å²) in [5, 5.41) is 3.32. The van der Waals surface area contributed by atoms with E-state index < -0.39 is 11.5 Å². The van der Waals surface area contributed by atoms with Gasteiger partial charge in [0.25, 0.3) is 11.5 Å². The van der Waals surface area contributed by atoms with Gasteiger partial charge in [-0.05, 0) is 48.0 Å². The van der Waals surface area contributed by atoms with Crippen LogP contribution in [0.15, 0.2) is 65.7 Å². The zero-order chi connectivity index (χ0) is 20.6. The van der Waals surface area contributed by atoms with Gasteiger partial charge in [-0.15, -0.1) is 0 Å².